The Balaban J connectivity index is 2.06. The zero-order chi connectivity index (χ0) is 15.9. The maximum absolute atomic E-state index is 13.2. The fraction of sp³-hybridized carbons (Fsp3) is 0.375. The first-order valence-corrected chi connectivity index (χ1v) is 7.78. The lowest BCUT2D eigenvalue weighted by atomic mass is 10.2. The van der Waals surface area contributed by atoms with Crippen LogP contribution >= 0.6 is 11.6 Å². The molecule has 1 heterocycles. The van der Waals surface area contributed by atoms with E-state index in [4.69, 9.17) is 11.6 Å². The summed E-state index contributed by atoms with van der Waals surface area (Å²) >= 11 is 5.77. The molecule has 0 bridgehead atoms. The molecule has 4 nitrogen and oxygen atoms in total. The van der Waals surface area contributed by atoms with E-state index >= 15 is 0 Å². The first kappa shape index (κ1) is 16.5. The number of hydrogen-bond acceptors (Lipinski definition) is 4. The molecule has 1 aromatic heterocycles. The minimum Gasteiger partial charge on any atom is -0.370 e. The smallest absolute Gasteiger partial charge is 0.229 e. The van der Waals surface area contributed by atoms with Crippen LogP contribution in [-0.4, -0.2) is 16.5 Å². The lowest BCUT2D eigenvalue weighted by molar-refractivity contribution is 0.628. The second kappa shape index (κ2) is 7.94. The molecule has 0 aliphatic rings. The number of benzene rings is 1. The molecule has 0 aliphatic heterocycles. The molecule has 1 aromatic carbocycles. The van der Waals surface area contributed by atoms with Gasteiger partial charge in [0.1, 0.15) is 11.6 Å². The van der Waals surface area contributed by atoms with E-state index < -0.39 is 5.82 Å². The number of anilines is 3. The standard InChI is InChI=1S/C16H20ClFN4/c1-3-4-5-8-19-15-9-11(2)20-16(22-15)21-12-6-7-14(18)13(17)10-12/h6-7,9-10H,3-5,8H2,1-2H3,(H2,19,20,21,22). The molecular formula is C16H20ClFN4. The van der Waals surface area contributed by atoms with Crippen LogP contribution in [0.4, 0.5) is 21.8 Å². The number of halogens is 2. The Morgan fingerprint density at radius 3 is 2.73 bits per heavy atom. The van der Waals surface area contributed by atoms with Crippen LogP contribution in [0.25, 0.3) is 0 Å². The van der Waals surface area contributed by atoms with Crippen molar-refractivity contribution in [1.82, 2.24) is 9.97 Å². The van der Waals surface area contributed by atoms with Crippen molar-refractivity contribution in [2.45, 2.75) is 33.1 Å². The number of hydrogen-bond donors (Lipinski definition) is 2. The minimum atomic E-state index is -0.448. The lowest BCUT2D eigenvalue weighted by Crippen LogP contribution is -2.06. The molecule has 0 unspecified atom stereocenters. The monoisotopic (exact) mass is 322 g/mol. The van der Waals surface area contributed by atoms with Crippen molar-refractivity contribution in [3.8, 4) is 0 Å². The van der Waals surface area contributed by atoms with E-state index in [1.165, 1.54) is 25.0 Å². The summed E-state index contributed by atoms with van der Waals surface area (Å²) in [6.07, 6.45) is 3.48. The molecule has 0 aliphatic carbocycles. The first-order valence-electron chi connectivity index (χ1n) is 7.40. The van der Waals surface area contributed by atoms with Gasteiger partial charge in [0.2, 0.25) is 5.95 Å². The van der Waals surface area contributed by atoms with E-state index in [1.54, 1.807) is 6.07 Å². The molecule has 0 atom stereocenters. The molecule has 6 heteroatoms. The van der Waals surface area contributed by atoms with Gasteiger partial charge in [0.15, 0.2) is 0 Å². The molecule has 0 saturated carbocycles. The zero-order valence-corrected chi connectivity index (χ0v) is 13.5. The molecule has 2 N–H and O–H groups in total. The Hall–Kier alpha value is -1.88. The van der Waals surface area contributed by atoms with Gasteiger partial charge in [0.05, 0.1) is 5.02 Å². The van der Waals surface area contributed by atoms with E-state index in [0.29, 0.717) is 11.6 Å². The van der Waals surface area contributed by atoms with Gasteiger partial charge < -0.3 is 10.6 Å². The van der Waals surface area contributed by atoms with Crippen molar-refractivity contribution in [3.05, 3.63) is 40.8 Å². The van der Waals surface area contributed by atoms with Crippen LogP contribution in [-0.2, 0) is 0 Å². The maximum atomic E-state index is 13.2. The van der Waals surface area contributed by atoms with Crippen molar-refractivity contribution in [1.29, 1.82) is 0 Å². The molecule has 0 saturated heterocycles. The van der Waals surface area contributed by atoms with Gasteiger partial charge in [-0.2, -0.15) is 4.98 Å². The van der Waals surface area contributed by atoms with Gasteiger partial charge in [-0.1, -0.05) is 31.4 Å². The van der Waals surface area contributed by atoms with Crippen molar-refractivity contribution < 1.29 is 4.39 Å². The highest BCUT2D eigenvalue weighted by atomic mass is 35.5. The second-order valence-electron chi connectivity index (χ2n) is 5.11. The molecule has 2 aromatic rings. The van der Waals surface area contributed by atoms with Crippen molar-refractivity contribution in [2.24, 2.45) is 0 Å². The highest BCUT2D eigenvalue weighted by Crippen LogP contribution is 2.22. The summed E-state index contributed by atoms with van der Waals surface area (Å²) in [4.78, 5) is 8.74. The quantitative estimate of drug-likeness (QED) is 0.710. The number of rotatable bonds is 7. The SMILES string of the molecule is CCCCCNc1cc(C)nc(Nc2ccc(F)c(Cl)c2)n1. The summed E-state index contributed by atoms with van der Waals surface area (Å²) in [5, 5.41) is 6.40. The van der Waals surface area contributed by atoms with Gasteiger partial charge in [0, 0.05) is 24.0 Å². The van der Waals surface area contributed by atoms with Gasteiger partial charge in [-0.15, -0.1) is 0 Å². The Morgan fingerprint density at radius 1 is 1.18 bits per heavy atom. The van der Waals surface area contributed by atoms with Crippen LogP contribution in [0.2, 0.25) is 5.02 Å². The predicted molar refractivity (Wildman–Crippen MR) is 89.5 cm³/mol. The number of nitrogens with one attached hydrogen (secondary N) is 2. The first-order chi connectivity index (χ1) is 10.6. The average molecular weight is 323 g/mol. The van der Waals surface area contributed by atoms with Crippen LogP contribution in [0.15, 0.2) is 24.3 Å². The van der Waals surface area contributed by atoms with Gasteiger partial charge >= 0.3 is 0 Å². The minimum absolute atomic E-state index is 0.0653. The van der Waals surface area contributed by atoms with E-state index in [9.17, 15) is 4.39 Å². The molecule has 0 radical (unpaired) electrons. The van der Waals surface area contributed by atoms with E-state index in [-0.39, 0.29) is 5.02 Å². The molecule has 118 valence electrons. The van der Waals surface area contributed by atoms with Crippen molar-refractivity contribution in [3.63, 3.8) is 0 Å². The van der Waals surface area contributed by atoms with Gasteiger partial charge in [-0.3, -0.25) is 0 Å². The Kier molecular flexibility index (Phi) is 5.95. The Bertz CT molecular complexity index is 634. The molecular weight excluding hydrogens is 303 g/mol. The normalized spacial score (nSPS) is 10.5. The van der Waals surface area contributed by atoms with E-state index in [2.05, 4.69) is 27.5 Å². The number of nitrogens with zero attached hydrogens (tertiary/aromatic N) is 2. The van der Waals surface area contributed by atoms with E-state index in [1.807, 2.05) is 13.0 Å². The second-order valence-corrected chi connectivity index (χ2v) is 5.51. The molecule has 22 heavy (non-hydrogen) atoms. The van der Waals surface area contributed by atoms with Gasteiger partial charge in [0.25, 0.3) is 0 Å². The largest absolute Gasteiger partial charge is 0.370 e. The van der Waals surface area contributed by atoms with Crippen LogP contribution in [0.1, 0.15) is 31.9 Å². The highest BCUT2D eigenvalue weighted by Gasteiger charge is 2.05. The van der Waals surface area contributed by atoms with Crippen LogP contribution in [0.3, 0.4) is 0 Å². The van der Waals surface area contributed by atoms with Gasteiger partial charge in [-0.25, -0.2) is 9.37 Å². The molecule has 2 rings (SSSR count). The van der Waals surface area contributed by atoms with Crippen LogP contribution < -0.4 is 10.6 Å². The van der Waals surface area contributed by atoms with Crippen molar-refractivity contribution in [2.75, 3.05) is 17.2 Å². The van der Waals surface area contributed by atoms with E-state index in [0.717, 1.165) is 24.5 Å². The fourth-order valence-corrected chi connectivity index (χ4v) is 2.19. The molecule has 0 fully saturated rings. The average Bonchev–Trinajstić information content (AvgIpc) is 2.47. The third-order valence-corrected chi connectivity index (χ3v) is 3.41. The zero-order valence-electron chi connectivity index (χ0n) is 12.8. The summed E-state index contributed by atoms with van der Waals surface area (Å²) in [6.45, 7) is 4.96. The van der Waals surface area contributed by atoms with Crippen LogP contribution in [0.5, 0.6) is 0 Å². The summed E-state index contributed by atoms with van der Waals surface area (Å²) < 4.78 is 13.2. The highest BCUT2D eigenvalue weighted by molar-refractivity contribution is 6.31. The summed E-state index contributed by atoms with van der Waals surface area (Å²) in [7, 11) is 0. The number of unbranched alkanes of at least 4 members (excludes halogenated alkanes) is 2. The Labute approximate surface area is 135 Å². The molecule has 0 spiro atoms. The van der Waals surface area contributed by atoms with Gasteiger partial charge in [-0.05, 0) is 31.5 Å². The molecule has 0 amide bonds. The summed E-state index contributed by atoms with van der Waals surface area (Å²) in [6, 6.07) is 6.32. The predicted octanol–water partition coefficient (Wildman–Crippen LogP) is 4.92. The maximum Gasteiger partial charge on any atom is 0.229 e. The third-order valence-electron chi connectivity index (χ3n) is 3.12. The summed E-state index contributed by atoms with van der Waals surface area (Å²) in [5.41, 5.74) is 1.50. The lowest BCUT2D eigenvalue weighted by Gasteiger charge is -2.10. The van der Waals surface area contributed by atoms with Crippen LogP contribution in [0, 0.1) is 12.7 Å². The third kappa shape index (κ3) is 4.84. The van der Waals surface area contributed by atoms with Crippen molar-refractivity contribution >= 4 is 29.1 Å². The number of aromatic nitrogens is 2. The number of aryl methyl sites for hydroxylation is 1. The topological polar surface area (TPSA) is 49.8 Å². The summed E-state index contributed by atoms with van der Waals surface area (Å²) in [5.74, 6) is 0.788. The fourth-order valence-electron chi connectivity index (χ4n) is 2.01. The Morgan fingerprint density at radius 2 is 2.00 bits per heavy atom.